The molecule has 0 aliphatic carbocycles. The lowest BCUT2D eigenvalue weighted by atomic mass is 10.4. The van der Waals surface area contributed by atoms with Crippen molar-refractivity contribution in [1.29, 1.82) is 0 Å². The van der Waals surface area contributed by atoms with Crippen LogP contribution in [-0.4, -0.2) is 5.91 Å². The van der Waals surface area contributed by atoms with Gasteiger partial charge in [-0.25, -0.2) is 0 Å². The van der Waals surface area contributed by atoms with E-state index in [9.17, 15) is 4.79 Å². The van der Waals surface area contributed by atoms with E-state index in [0.717, 1.165) is 0 Å². The van der Waals surface area contributed by atoms with Gasteiger partial charge in [0.25, 0.3) is 0 Å². The van der Waals surface area contributed by atoms with Crippen molar-refractivity contribution in [1.82, 2.24) is 5.73 Å². The van der Waals surface area contributed by atoms with Crippen LogP contribution in [0.5, 0.6) is 0 Å². The van der Waals surface area contributed by atoms with Crippen molar-refractivity contribution in [3.63, 3.8) is 0 Å². The van der Waals surface area contributed by atoms with Gasteiger partial charge in [-0.1, -0.05) is 0 Å². The van der Waals surface area contributed by atoms with Gasteiger partial charge in [0.1, 0.15) is 0 Å². The van der Waals surface area contributed by atoms with E-state index < -0.39 is 5.91 Å². The fourth-order valence-electron chi connectivity index (χ4n) is 0.408. The average molecular weight is 110 g/mol. The lowest BCUT2D eigenvalue weighted by Gasteiger charge is -1.78. The molecule has 0 saturated carbocycles. The van der Waals surface area contributed by atoms with Gasteiger partial charge in [0, 0.05) is 0 Å². The first-order valence-electron chi connectivity index (χ1n) is 2.10. The molecule has 8 heavy (non-hydrogen) atoms. The van der Waals surface area contributed by atoms with E-state index in [1.165, 1.54) is 12.3 Å². The molecule has 0 aromatic carbocycles. The molecule has 0 atom stereocenters. The average Bonchev–Trinajstić information content (AvgIpc) is 2.12. The molecule has 1 aromatic heterocycles. The van der Waals surface area contributed by atoms with Crippen LogP contribution < -0.4 is 5.73 Å². The molecule has 1 amide bonds. The summed E-state index contributed by atoms with van der Waals surface area (Å²) >= 11 is 0. The highest BCUT2D eigenvalue weighted by Crippen LogP contribution is 1.96. The van der Waals surface area contributed by atoms with Crippen molar-refractivity contribution < 1.29 is 9.21 Å². The van der Waals surface area contributed by atoms with Gasteiger partial charge in [-0.3, -0.25) is 10.5 Å². The maximum atomic E-state index is 10.1. The van der Waals surface area contributed by atoms with Crippen molar-refractivity contribution in [3.8, 4) is 0 Å². The Morgan fingerprint density at radius 3 is 2.75 bits per heavy atom. The van der Waals surface area contributed by atoms with Crippen LogP contribution in [0.15, 0.2) is 22.8 Å². The lowest BCUT2D eigenvalue weighted by molar-refractivity contribution is 0.0965. The van der Waals surface area contributed by atoms with E-state index in [1.807, 2.05) is 0 Å². The lowest BCUT2D eigenvalue weighted by Crippen LogP contribution is -1.94. The number of carbonyl (C=O) groups is 1. The molecule has 0 saturated heterocycles. The van der Waals surface area contributed by atoms with Crippen LogP contribution in [0.1, 0.15) is 10.6 Å². The molecular formula is C5H4NO2. The molecule has 0 bridgehead atoms. The second-order valence-corrected chi connectivity index (χ2v) is 1.31. The molecule has 0 aliphatic rings. The summed E-state index contributed by atoms with van der Waals surface area (Å²) in [5, 5.41) is 0. The van der Waals surface area contributed by atoms with Crippen LogP contribution >= 0.6 is 0 Å². The summed E-state index contributed by atoms with van der Waals surface area (Å²) in [6.07, 6.45) is 1.36. The molecule has 1 rings (SSSR count). The molecule has 41 valence electrons. The normalized spacial score (nSPS) is 9.00. The number of carbonyl (C=O) groups excluding carboxylic acids is 1. The second kappa shape index (κ2) is 1.69. The number of amides is 1. The van der Waals surface area contributed by atoms with Crippen LogP contribution in [0.3, 0.4) is 0 Å². The number of hydrogen-bond acceptors (Lipinski definition) is 2. The summed E-state index contributed by atoms with van der Waals surface area (Å²) in [6.45, 7) is 0. The predicted octanol–water partition coefficient (Wildman–Crippen LogP) is 0.703. The van der Waals surface area contributed by atoms with Gasteiger partial charge in [0.15, 0.2) is 5.76 Å². The summed E-state index contributed by atoms with van der Waals surface area (Å²) in [4.78, 5) is 10.1. The van der Waals surface area contributed by atoms with Gasteiger partial charge in [0.05, 0.1) is 6.26 Å². The second-order valence-electron chi connectivity index (χ2n) is 1.31. The maximum absolute atomic E-state index is 10.1. The van der Waals surface area contributed by atoms with Crippen LogP contribution in [0.25, 0.3) is 0 Å². The Labute approximate surface area is 46.1 Å². The molecular weight excluding hydrogens is 106 g/mol. The third kappa shape index (κ3) is 0.703. The Morgan fingerprint density at radius 2 is 2.50 bits per heavy atom. The van der Waals surface area contributed by atoms with Crippen molar-refractivity contribution >= 4 is 5.91 Å². The molecule has 0 spiro atoms. The first-order valence-corrected chi connectivity index (χ1v) is 2.10. The van der Waals surface area contributed by atoms with Crippen molar-refractivity contribution in [3.05, 3.63) is 24.2 Å². The zero-order valence-corrected chi connectivity index (χ0v) is 4.05. The van der Waals surface area contributed by atoms with Crippen LogP contribution in [0.2, 0.25) is 0 Å². The van der Waals surface area contributed by atoms with Crippen LogP contribution in [0.4, 0.5) is 0 Å². The Balaban J connectivity index is 2.93. The monoisotopic (exact) mass is 110 g/mol. The molecule has 0 fully saturated rings. The van der Waals surface area contributed by atoms with Crippen LogP contribution in [-0.2, 0) is 0 Å². The minimum absolute atomic E-state index is 0.0880. The Bertz CT molecular complexity index is 178. The highest BCUT2D eigenvalue weighted by Gasteiger charge is 2.00. The van der Waals surface area contributed by atoms with Crippen molar-refractivity contribution in [2.75, 3.05) is 0 Å². The Morgan fingerprint density at radius 1 is 1.75 bits per heavy atom. The molecule has 1 N–H and O–H groups in total. The van der Waals surface area contributed by atoms with E-state index in [0.29, 0.717) is 0 Å². The van der Waals surface area contributed by atoms with Gasteiger partial charge in [-0.2, -0.15) is 0 Å². The summed E-state index contributed by atoms with van der Waals surface area (Å²) in [6, 6.07) is 3.02. The van der Waals surface area contributed by atoms with Crippen LogP contribution in [0, 0.1) is 0 Å². The van der Waals surface area contributed by atoms with Crippen molar-refractivity contribution in [2.45, 2.75) is 0 Å². The SMILES string of the molecule is [NH]C(=O)c1ccco1. The van der Waals surface area contributed by atoms with Gasteiger partial charge in [0.2, 0.25) is 0 Å². The molecule has 1 radical (unpaired) electrons. The van der Waals surface area contributed by atoms with E-state index in [-0.39, 0.29) is 5.76 Å². The number of hydrogen-bond donors (Lipinski definition) is 0. The van der Waals surface area contributed by atoms with Gasteiger partial charge in [-0.05, 0) is 12.1 Å². The van der Waals surface area contributed by atoms with E-state index in [1.54, 1.807) is 6.07 Å². The summed E-state index contributed by atoms with van der Waals surface area (Å²) in [5.41, 5.74) is 6.50. The zero-order valence-electron chi connectivity index (χ0n) is 4.05. The van der Waals surface area contributed by atoms with E-state index in [4.69, 9.17) is 5.73 Å². The van der Waals surface area contributed by atoms with Gasteiger partial charge >= 0.3 is 5.91 Å². The maximum Gasteiger partial charge on any atom is 0.305 e. The highest BCUT2D eigenvalue weighted by atomic mass is 16.3. The summed E-state index contributed by atoms with van der Waals surface area (Å²) in [5.74, 6) is -0.694. The molecule has 0 unspecified atom stereocenters. The smallest absolute Gasteiger partial charge is 0.305 e. The molecule has 1 aromatic rings. The largest absolute Gasteiger partial charge is 0.459 e. The molecule has 3 nitrogen and oxygen atoms in total. The molecule has 3 heteroatoms. The third-order valence-corrected chi connectivity index (χ3v) is 0.745. The summed E-state index contributed by atoms with van der Waals surface area (Å²) in [7, 11) is 0. The first kappa shape index (κ1) is 4.90. The standard InChI is InChI=1S/C5H4NO2/c6-5(7)4-2-1-3-8-4/h1-3,6H. The number of furan rings is 1. The highest BCUT2D eigenvalue weighted by molar-refractivity contribution is 5.89. The quantitative estimate of drug-likeness (QED) is 0.534. The topological polar surface area (TPSA) is 54.0 Å². The summed E-state index contributed by atoms with van der Waals surface area (Å²) < 4.78 is 4.56. The van der Waals surface area contributed by atoms with Crippen molar-refractivity contribution in [2.24, 2.45) is 0 Å². The van der Waals surface area contributed by atoms with Gasteiger partial charge in [-0.15, -0.1) is 0 Å². The fourth-order valence-corrected chi connectivity index (χ4v) is 0.408. The zero-order chi connectivity index (χ0) is 5.98. The van der Waals surface area contributed by atoms with Gasteiger partial charge < -0.3 is 4.42 Å². The minimum Gasteiger partial charge on any atom is -0.459 e. The predicted molar refractivity (Wildman–Crippen MR) is 26.1 cm³/mol. The molecule has 1 heterocycles. The molecule has 0 aliphatic heterocycles. The number of nitrogens with one attached hydrogen (secondary N) is 1. The Hall–Kier alpha value is -1.25. The van der Waals surface area contributed by atoms with E-state index >= 15 is 0 Å². The number of rotatable bonds is 1. The third-order valence-electron chi connectivity index (χ3n) is 0.745. The van der Waals surface area contributed by atoms with E-state index in [2.05, 4.69) is 4.42 Å². The fraction of sp³-hybridized carbons (Fsp3) is 0. The first-order chi connectivity index (χ1) is 3.80. The minimum atomic E-state index is -0.782. The Kier molecular flexibility index (Phi) is 1.04.